The zero-order chi connectivity index (χ0) is 15.1. The van der Waals surface area contributed by atoms with Gasteiger partial charge in [0.05, 0.1) is 25.0 Å². The van der Waals surface area contributed by atoms with Gasteiger partial charge in [0.25, 0.3) is 0 Å². The summed E-state index contributed by atoms with van der Waals surface area (Å²) in [6.45, 7) is 0.276. The molecule has 0 radical (unpaired) electrons. The van der Waals surface area contributed by atoms with E-state index in [0.717, 1.165) is 5.56 Å². The summed E-state index contributed by atoms with van der Waals surface area (Å²) in [6, 6.07) is 14.4. The third-order valence-corrected chi connectivity index (χ3v) is 2.85. The summed E-state index contributed by atoms with van der Waals surface area (Å²) in [4.78, 5) is 11.8. The molecule has 0 atom stereocenters. The summed E-state index contributed by atoms with van der Waals surface area (Å²) >= 11 is 0. The van der Waals surface area contributed by atoms with Crippen LogP contribution in [0.5, 0.6) is 5.75 Å². The fourth-order valence-electron chi connectivity index (χ4n) is 1.77. The lowest BCUT2D eigenvalue weighted by atomic mass is 10.2. The van der Waals surface area contributed by atoms with Crippen molar-refractivity contribution in [1.29, 1.82) is 0 Å². The number of carbonyl (C=O) groups is 1. The summed E-state index contributed by atoms with van der Waals surface area (Å²) < 4.78 is 15.3. The van der Waals surface area contributed by atoms with Gasteiger partial charge in [-0.1, -0.05) is 30.3 Å². The van der Waals surface area contributed by atoms with E-state index in [1.807, 2.05) is 30.3 Å². The fourth-order valence-corrected chi connectivity index (χ4v) is 1.77. The quantitative estimate of drug-likeness (QED) is 0.383. The smallest absolute Gasteiger partial charge is 0.340 e. The lowest BCUT2D eigenvalue weighted by Gasteiger charge is -2.08. The zero-order valence-corrected chi connectivity index (χ0v) is 11.7. The predicted octanol–water partition coefficient (Wildman–Crippen LogP) is 2.61. The van der Waals surface area contributed by atoms with Crippen LogP contribution in [0.4, 0.5) is 5.69 Å². The Balaban J connectivity index is 1.80. The van der Waals surface area contributed by atoms with Crippen LogP contribution in [0.1, 0.15) is 15.9 Å². The molecule has 0 aliphatic heterocycles. The van der Waals surface area contributed by atoms with Crippen molar-refractivity contribution >= 4 is 11.7 Å². The number of anilines is 1. The minimum absolute atomic E-state index is 0.111. The van der Waals surface area contributed by atoms with E-state index in [1.165, 1.54) is 13.2 Å². The maximum absolute atomic E-state index is 11.8. The van der Waals surface area contributed by atoms with E-state index in [4.69, 9.17) is 19.9 Å². The van der Waals surface area contributed by atoms with Crippen molar-refractivity contribution in [2.24, 2.45) is 0 Å². The van der Waals surface area contributed by atoms with Crippen LogP contribution in [0, 0.1) is 0 Å². The van der Waals surface area contributed by atoms with Gasteiger partial charge in [0.15, 0.2) is 6.79 Å². The maximum Gasteiger partial charge on any atom is 0.340 e. The van der Waals surface area contributed by atoms with E-state index < -0.39 is 5.97 Å². The highest BCUT2D eigenvalue weighted by Gasteiger charge is 2.09. The van der Waals surface area contributed by atoms with E-state index in [9.17, 15) is 4.79 Å². The molecule has 0 fully saturated rings. The van der Waals surface area contributed by atoms with Gasteiger partial charge in [0.2, 0.25) is 0 Å². The molecule has 0 saturated carbocycles. The van der Waals surface area contributed by atoms with Gasteiger partial charge in [-0.25, -0.2) is 4.79 Å². The summed E-state index contributed by atoms with van der Waals surface area (Å²) in [5.41, 5.74) is 7.50. The van der Waals surface area contributed by atoms with E-state index in [-0.39, 0.29) is 6.79 Å². The number of nitrogens with two attached hydrogens (primary N) is 1. The van der Waals surface area contributed by atoms with E-state index in [1.54, 1.807) is 12.1 Å². The lowest BCUT2D eigenvalue weighted by Crippen LogP contribution is -2.09. The van der Waals surface area contributed by atoms with Crippen LogP contribution < -0.4 is 10.5 Å². The van der Waals surface area contributed by atoms with E-state index in [2.05, 4.69) is 0 Å². The Hall–Kier alpha value is -2.53. The molecule has 0 spiro atoms. The molecule has 2 aromatic carbocycles. The third kappa shape index (κ3) is 4.22. The Bertz CT molecular complexity index is 598. The van der Waals surface area contributed by atoms with Crippen LogP contribution in [-0.2, 0) is 16.1 Å². The SMILES string of the molecule is COc1ccc(C(=O)OCOCc2ccccc2)cc1N. The highest BCUT2D eigenvalue weighted by atomic mass is 16.7. The van der Waals surface area contributed by atoms with Crippen molar-refractivity contribution in [1.82, 2.24) is 0 Å². The molecule has 0 aliphatic carbocycles. The topological polar surface area (TPSA) is 70.8 Å². The Morgan fingerprint density at radius 3 is 2.57 bits per heavy atom. The van der Waals surface area contributed by atoms with E-state index in [0.29, 0.717) is 23.6 Å². The number of rotatable bonds is 6. The molecule has 0 amide bonds. The van der Waals surface area contributed by atoms with Crippen LogP contribution in [0.15, 0.2) is 48.5 Å². The Labute approximate surface area is 123 Å². The number of nitrogen functional groups attached to an aromatic ring is 1. The normalized spacial score (nSPS) is 10.1. The second-order valence-corrected chi connectivity index (χ2v) is 4.34. The summed E-state index contributed by atoms with van der Waals surface area (Å²) in [6.07, 6.45) is 0. The second kappa shape index (κ2) is 7.31. The predicted molar refractivity (Wildman–Crippen MR) is 78.9 cm³/mol. The molecule has 0 unspecified atom stereocenters. The van der Waals surface area contributed by atoms with Crippen molar-refractivity contribution in [2.75, 3.05) is 19.6 Å². The molecular formula is C16H17NO4. The van der Waals surface area contributed by atoms with Gasteiger partial charge in [-0.2, -0.15) is 0 Å². The van der Waals surface area contributed by atoms with Gasteiger partial charge in [-0.3, -0.25) is 0 Å². The second-order valence-electron chi connectivity index (χ2n) is 4.34. The molecule has 5 heteroatoms. The van der Waals surface area contributed by atoms with Crippen LogP contribution in [0.3, 0.4) is 0 Å². The van der Waals surface area contributed by atoms with Crippen LogP contribution in [-0.4, -0.2) is 19.9 Å². The third-order valence-electron chi connectivity index (χ3n) is 2.85. The zero-order valence-electron chi connectivity index (χ0n) is 11.7. The number of methoxy groups -OCH3 is 1. The van der Waals surface area contributed by atoms with Gasteiger partial charge >= 0.3 is 5.97 Å². The summed E-state index contributed by atoms with van der Waals surface area (Å²) in [5.74, 6) is 0.0318. The summed E-state index contributed by atoms with van der Waals surface area (Å²) in [7, 11) is 1.51. The molecule has 0 bridgehead atoms. The number of hydrogen-bond acceptors (Lipinski definition) is 5. The summed E-state index contributed by atoms with van der Waals surface area (Å²) in [5, 5.41) is 0. The number of hydrogen-bond donors (Lipinski definition) is 1. The molecule has 0 aromatic heterocycles. The largest absolute Gasteiger partial charge is 0.495 e. The highest BCUT2D eigenvalue weighted by molar-refractivity contribution is 5.90. The number of benzene rings is 2. The molecule has 21 heavy (non-hydrogen) atoms. The average molecular weight is 287 g/mol. The molecule has 0 saturated heterocycles. The monoisotopic (exact) mass is 287 g/mol. The van der Waals surface area contributed by atoms with Crippen LogP contribution >= 0.6 is 0 Å². The first kappa shape index (κ1) is 14.9. The van der Waals surface area contributed by atoms with Gasteiger partial charge in [-0.15, -0.1) is 0 Å². The van der Waals surface area contributed by atoms with Crippen LogP contribution in [0.25, 0.3) is 0 Å². The molecule has 5 nitrogen and oxygen atoms in total. The Kier molecular flexibility index (Phi) is 5.17. The van der Waals surface area contributed by atoms with Crippen molar-refractivity contribution in [3.8, 4) is 5.75 Å². The van der Waals surface area contributed by atoms with Crippen molar-refractivity contribution < 1.29 is 19.0 Å². The van der Waals surface area contributed by atoms with Crippen molar-refractivity contribution in [3.63, 3.8) is 0 Å². The van der Waals surface area contributed by atoms with E-state index >= 15 is 0 Å². The minimum atomic E-state index is -0.489. The minimum Gasteiger partial charge on any atom is -0.495 e. The lowest BCUT2D eigenvalue weighted by molar-refractivity contribution is -0.0381. The Morgan fingerprint density at radius 2 is 1.90 bits per heavy atom. The number of carbonyl (C=O) groups excluding carboxylic acids is 1. The van der Waals surface area contributed by atoms with Crippen molar-refractivity contribution in [3.05, 3.63) is 59.7 Å². The first-order chi connectivity index (χ1) is 10.2. The average Bonchev–Trinajstić information content (AvgIpc) is 2.52. The molecule has 2 rings (SSSR count). The van der Waals surface area contributed by atoms with Gasteiger partial charge < -0.3 is 19.9 Å². The highest BCUT2D eigenvalue weighted by Crippen LogP contribution is 2.22. The molecule has 0 heterocycles. The molecule has 2 aromatic rings. The number of esters is 1. The molecule has 110 valence electrons. The Morgan fingerprint density at radius 1 is 1.14 bits per heavy atom. The number of ether oxygens (including phenoxy) is 3. The standard InChI is InChI=1S/C16H17NO4/c1-19-15-8-7-13(9-14(15)17)16(18)21-11-20-10-12-5-3-2-4-6-12/h2-9H,10-11,17H2,1H3. The van der Waals surface area contributed by atoms with Gasteiger partial charge in [0, 0.05) is 0 Å². The van der Waals surface area contributed by atoms with Gasteiger partial charge in [0.1, 0.15) is 5.75 Å². The van der Waals surface area contributed by atoms with Crippen LogP contribution in [0.2, 0.25) is 0 Å². The first-order valence-electron chi connectivity index (χ1n) is 6.43. The fraction of sp³-hybridized carbons (Fsp3) is 0.188. The maximum atomic E-state index is 11.8. The van der Waals surface area contributed by atoms with Gasteiger partial charge in [-0.05, 0) is 23.8 Å². The first-order valence-corrected chi connectivity index (χ1v) is 6.43. The van der Waals surface area contributed by atoms with Crippen molar-refractivity contribution in [2.45, 2.75) is 6.61 Å². The molecule has 0 aliphatic rings. The molecular weight excluding hydrogens is 270 g/mol. The molecule has 2 N–H and O–H groups in total.